The predicted molar refractivity (Wildman–Crippen MR) is 76.3 cm³/mol. The SMILES string of the molecule is Cl.Fc1cccc(-c2cccc3c2OCCNC3)c1. The first kappa shape index (κ1) is 13.8. The molecule has 0 saturated carbocycles. The van der Waals surface area contributed by atoms with E-state index >= 15 is 0 Å². The Kier molecular flexibility index (Phi) is 4.40. The lowest BCUT2D eigenvalue weighted by atomic mass is 10.0. The molecule has 4 heteroatoms. The van der Waals surface area contributed by atoms with Crippen LogP contribution in [0.1, 0.15) is 5.56 Å². The van der Waals surface area contributed by atoms with Crippen LogP contribution in [0.4, 0.5) is 4.39 Å². The van der Waals surface area contributed by atoms with E-state index in [9.17, 15) is 4.39 Å². The van der Waals surface area contributed by atoms with Crippen LogP contribution >= 0.6 is 12.4 Å². The Balaban J connectivity index is 0.00000133. The number of fused-ring (bicyclic) bond motifs is 1. The van der Waals surface area contributed by atoms with Crippen LogP contribution < -0.4 is 10.1 Å². The fraction of sp³-hybridized carbons (Fsp3) is 0.200. The van der Waals surface area contributed by atoms with Gasteiger partial charge in [-0.15, -0.1) is 12.4 Å². The van der Waals surface area contributed by atoms with Gasteiger partial charge < -0.3 is 10.1 Å². The first-order valence-corrected chi connectivity index (χ1v) is 6.06. The van der Waals surface area contributed by atoms with Gasteiger partial charge in [-0.1, -0.05) is 30.3 Å². The van der Waals surface area contributed by atoms with Gasteiger partial charge in [0, 0.05) is 24.2 Å². The molecule has 1 aliphatic rings. The highest BCUT2D eigenvalue weighted by atomic mass is 35.5. The molecule has 0 aliphatic carbocycles. The second kappa shape index (κ2) is 6.04. The molecule has 0 radical (unpaired) electrons. The molecule has 0 bridgehead atoms. The summed E-state index contributed by atoms with van der Waals surface area (Å²) in [6.45, 7) is 2.26. The Morgan fingerprint density at radius 2 is 1.95 bits per heavy atom. The van der Waals surface area contributed by atoms with Gasteiger partial charge in [0.05, 0.1) is 0 Å². The van der Waals surface area contributed by atoms with Crippen molar-refractivity contribution >= 4 is 12.4 Å². The lowest BCUT2D eigenvalue weighted by molar-refractivity contribution is 0.327. The van der Waals surface area contributed by atoms with Gasteiger partial charge in [-0.3, -0.25) is 0 Å². The van der Waals surface area contributed by atoms with E-state index in [-0.39, 0.29) is 18.2 Å². The fourth-order valence-corrected chi connectivity index (χ4v) is 2.23. The molecule has 0 amide bonds. The summed E-state index contributed by atoms with van der Waals surface area (Å²) in [7, 11) is 0. The monoisotopic (exact) mass is 279 g/mol. The van der Waals surface area contributed by atoms with Crippen LogP contribution in [0.3, 0.4) is 0 Å². The van der Waals surface area contributed by atoms with Gasteiger partial charge in [-0.25, -0.2) is 4.39 Å². The van der Waals surface area contributed by atoms with Crippen molar-refractivity contribution in [3.63, 3.8) is 0 Å². The molecule has 1 aliphatic heterocycles. The lowest BCUT2D eigenvalue weighted by Gasteiger charge is -2.12. The summed E-state index contributed by atoms with van der Waals surface area (Å²) in [6, 6.07) is 12.6. The van der Waals surface area contributed by atoms with Gasteiger partial charge in [0.2, 0.25) is 0 Å². The maximum absolute atomic E-state index is 13.3. The number of benzene rings is 2. The number of hydrogen-bond donors (Lipinski definition) is 1. The van der Waals surface area contributed by atoms with Crippen molar-refractivity contribution < 1.29 is 9.13 Å². The second-order valence-corrected chi connectivity index (χ2v) is 4.33. The highest BCUT2D eigenvalue weighted by molar-refractivity contribution is 5.85. The Bertz CT molecular complexity index is 574. The molecule has 0 atom stereocenters. The van der Waals surface area contributed by atoms with E-state index < -0.39 is 0 Å². The average molecular weight is 280 g/mol. The lowest BCUT2D eigenvalue weighted by Crippen LogP contribution is -2.16. The molecule has 0 saturated heterocycles. The van der Waals surface area contributed by atoms with Gasteiger partial charge >= 0.3 is 0 Å². The molecule has 0 fully saturated rings. The Hall–Kier alpha value is -1.58. The zero-order valence-corrected chi connectivity index (χ0v) is 11.2. The van der Waals surface area contributed by atoms with Crippen molar-refractivity contribution in [3.05, 3.63) is 53.8 Å². The van der Waals surface area contributed by atoms with E-state index in [1.165, 1.54) is 12.1 Å². The smallest absolute Gasteiger partial charge is 0.131 e. The molecular formula is C15H15ClFNO. The molecule has 19 heavy (non-hydrogen) atoms. The molecule has 2 nitrogen and oxygen atoms in total. The van der Waals surface area contributed by atoms with E-state index in [4.69, 9.17) is 4.74 Å². The number of ether oxygens (including phenoxy) is 1. The van der Waals surface area contributed by atoms with Crippen LogP contribution in [0.15, 0.2) is 42.5 Å². The molecule has 0 aromatic heterocycles. The molecule has 0 unspecified atom stereocenters. The van der Waals surface area contributed by atoms with Crippen LogP contribution in [-0.4, -0.2) is 13.2 Å². The van der Waals surface area contributed by atoms with Gasteiger partial charge in [-0.2, -0.15) is 0 Å². The first-order chi connectivity index (χ1) is 8.84. The van der Waals surface area contributed by atoms with Gasteiger partial charge in [0.25, 0.3) is 0 Å². The highest BCUT2D eigenvalue weighted by Crippen LogP contribution is 2.34. The van der Waals surface area contributed by atoms with Crippen molar-refractivity contribution in [1.82, 2.24) is 5.32 Å². The first-order valence-electron chi connectivity index (χ1n) is 6.06. The molecule has 2 aromatic rings. The number of halogens is 2. The average Bonchev–Trinajstić information content (AvgIpc) is 2.63. The number of nitrogens with one attached hydrogen (secondary N) is 1. The summed E-state index contributed by atoms with van der Waals surface area (Å²) in [5, 5.41) is 3.29. The van der Waals surface area contributed by atoms with Gasteiger partial charge in [0.15, 0.2) is 0 Å². The van der Waals surface area contributed by atoms with Gasteiger partial charge in [0.1, 0.15) is 18.2 Å². The van der Waals surface area contributed by atoms with E-state index in [2.05, 4.69) is 5.32 Å². The molecule has 100 valence electrons. The van der Waals surface area contributed by atoms with E-state index in [0.29, 0.717) is 6.61 Å². The Morgan fingerprint density at radius 3 is 2.79 bits per heavy atom. The van der Waals surface area contributed by atoms with E-state index in [1.807, 2.05) is 24.3 Å². The van der Waals surface area contributed by atoms with Crippen LogP contribution in [-0.2, 0) is 6.54 Å². The van der Waals surface area contributed by atoms with E-state index in [1.54, 1.807) is 6.07 Å². The summed E-state index contributed by atoms with van der Waals surface area (Å²) in [5.74, 6) is 0.643. The Morgan fingerprint density at radius 1 is 1.11 bits per heavy atom. The summed E-state index contributed by atoms with van der Waals surface area (Å²) in [5.41, 5.74) is 2.93. The quantitative estimate of drug-likeness (QED) is 0.864. The minimum Gasteiger partial charge on any atom is -0.491 e. The molecule has 1 N–H and O–H groups in total. The van der Waals surface area contributed by atoms with Crippen LogP contribution in [0.5, 0.6) is 5.75 Å². The predicted octanol–water partition coefficient (Wildman–Crippen LogP) is 3.40. The van der Waals surface area contributed by atoms with Crippen LogP contribution in [0.2, 0.25) is 0 Å². The van der Waals surface area contributed by atoms with Crippen molar-refractivity contribution in [3.8, 4) is 16.9 Å². The largest absolute Gasteiger partial charge is 0.491 e. The second-order valence-electron chi connectivity index (χ2n) is 4.33. The van der Waals surface area contributed by atoms with Gasteiger partial charge in [-0.05, 0) is 17.7 Å². The molecule has 3 rings (SSSR count). The third-order valence-electron chi connectivity index (χ3n) is 3.07. The maximum Gasteiger partial charge on any atom is 0.131 e. The zero-order valence-electron chi connectivity index (χ0n) is 10.4. The number of rotatable bonds is 1. The standard InChI is InChI=1S/C15H14FNO.ClH/c16-13-5-1-3-11(9-13)14-6-2-4-12-10-17-7-8-18-15(12)14;/h1-6,9,17H,7-8,10H2;1H. The minimum atomic E-state index is -0.225. The van der Waals surface area contributed by atoms with E-state index in [0.717, 1.165) is 35.5 Å². The van der Waals surface area contributed by atoms with Crippen molar-refractivity contribution in [2.45, 2.75) is 6.54 Å². The van der Waals surface area contributed by atoms with Crippen LogP contribution in [0.25, 0.3) is 11.1 Å². The third kappa shape index (κ3) is 2.88. The minimum absolute atomic E-state index is 0. The Labute approximate surface area is 118 Å². The summed E-state index contributed by atoms with van der Waals surface area (Å²) in [4.78, 5) is 0. The summed E-state index contributed by atoms with van der Waals surface area (Å²) >= 11 is 0. The van der Waals surface area contributed by atoms with Crippen molar-refractivity contribution in [2.24, 2.45) is 0 Å². The molecular weight excluding hydrogens is 265 g/mol. The molecule has 0 spiro atoms. The third-order valence-corrected chi connectivity index (χ3v) is 3.07. The zero-order chi connectivity index (χ0) is 12.4. The number of hydrogen-bond acceptors (Lipinski definition) is 2. The maximum atomic E-state index is 13.3. The molecule has 1 heterocycles. The fourth-order valence-electron chi connectivity index (χ4n) is 2.23. The van der Waals surface area contributed by atoms with Crippen molar-refractivity contribution in [1.29, 1.82) is 0 Å². The molecule has 2 aromatic carbocycles. The number of para-hydroxylation sites is 1. The highest BCUT2D eigenvalue weighted by Gasteiger charge is 2.14. The topological polar surface area (TPSA) is 21.3 Å². The van der Waals surface area contributed by atoms with Crippen molar-refractivity contribution in [2.75, 3.05) is 13.2 Å². The normalized spacial score (nSPS) is 13.7. The summed E-state index contributed by atoms with van der Waals surface area (Å²) in [6.07, 6.45) is 0. The summed E-state index contributed by atoms with van der Waals surface area (Å²) < 4.78 is 19.1. The van der Waals surface area contributed by atoms with Crippen LogP contribution in [0, 0.1) is 5.82 Å².